The molecule has 0 radical (unpaired) electrons. The van der Waals surface area contributed by atoms with Gasteiger partial charge in [-0.05, 0) is 68.3 Å². The molecule has 3 aromatic rings. The number of aromatic nitrogens is 3. The quantitative estimate of drug-likeness (QED) is 0.432. The number of ether oxygens (including phenoxy) is 1. The summed E-state index contributed by atoms with van der Waals surface area (Å²) in [6, 6.07) is 14.5. The maximum absolute atomic E-state index is 11.9. The first-order valence-corrected chi connectivity index (χ1v) is 9.81. The summed E-state index contributed by atoms with van der Waals surface area (Å²) in [5.41, 5.74) is -0.113. The molecule has 0 fully saturated rings. The second-order valence-electron chi connectivity index (χ2n) is 7.46. The molecule has 8 heteroatoms. The van der Waals surface area contributed by atoms with Gasteiger partial charge >= 0.3 is 0 Å². The first-order chi connectivity index (χ1) is 14.2. The molecule has 1 unspecified atom stereocenters. The van der Waals surface area contributed by atoms with Crippen LogP contribution >= 0.6 is 11.6 Å². The molecule has 0 saturated heterocycles. The van der Waals surface area contributed by atoms with Gasteiger partial charge in [-0.15, -0.1) is 0 Å². The lowest BCUT2D eigenvalue weighted by molar-refractivity contribution is -0.133. The van der Waals surface area contributed by atoms with Crippen molar-refractivity contribution < 1.29 is 14.7 Å². The number of hydrogen-bond donors (Lipinski definition) is 1. The van der Waals surface area contributed by atoms with Crippen LogP contribution < -0.4 is 4.74 Å². The Hall–Kier alpha value is -2.90. The zero-order valence-corrected chi connectivity index (χ0v) is 18.2. The Kier molecular flexibility index (Phi) is 6.43. The molecule has 0 aliphatic carbocycles. The van der Waals surface area contributed by atoms with E-state index in [1.54, 1.807) is 35.3 Å². The Morgan fingerprint density at radius 2 is 1.80 bits per heavy atom. The highest BCUT2D eigenvalue weighted by atomic mass is 35.5. The maximum atomic E-state index is 11.9. The van der Waals surface area contributed by atoms with E-state index in [1.807, 2.05) is 45.0 Å². The molecule has 0 saturated carbocycles. The van der Waals surface area contributed by atoms with Crippen LogP contribution in [0.4, 0.5) is 0 Å². The summed E-state index contributed by atoms with van der Waals surface area (Å²) >= 11 is 6.05. The minimum absolute atomic E-state index is 0.152. The largest absolute Gasteiger partial charge is 0.484 e. The molecule has 0 spiro atoms. The van der Waals surface area contributed by atoms with E-state index in [0.29, 0.717) is 16.3 Å². The summed E-state index contributed by atoms with van der Waals surface area (Å²) in [6.07, 6.45) is 2.99. The smallest absolute Gasteiger partial charge is 0.148 e. The fourth-order valence-corrected chi connectivity index (χ4v) is 3.36. The van der Waals surface area contributed by atoms with Crippen molar-refractivity contribution in [2.75, 3.05) is 7.11 Å². The summed E-state index contributed by atoms with van der Waals surface area (Å²) in [4.78, 5) is 8.80. The predicted molar refractivity (Wildman–Crippen MR) is 116 cm³/mol. The highest BCUT2D eigenvalue weighted by Crippen LogP contribution is 2.38. The number of oxime groups is 1. The molecule has 1 atom stereocenters. The van der Waals surface area contributed by atoms with Crippen molar-refractivity contribution >= 4 is 17.3 Å². The monoisotopic (exact) mass is 428 g/mol. The van der Waals surface area contributed by atoms with Crippen LogP contribution in [0.1, 0.15) is 31.9 Å². The molecule has 1 aromatic heterocycles. The van der Waals surface area contributed by atoms with Gasteiger partial charge < -0.3 is 14.7 Å². The third-order valence-corrected chi connectivity index (χ3v) is 5.30. The molecule has 2 aromatic carbocycles. The molecule has 0 aliphatic rings. The van der Waals surface area contributed by atoms with Crippen molar-refractivity contribution in [1.82, 2.24) is 14.8 Å². The fourth-order valence-electron chi connectivity index (χ4n) is 3.24. The SMILES string of the molecule is CON=C(C)c1ccc(OC(C)(C)C(O)(Cn2cncn2)c2ccc(Cl)cc2)cc1. The van der Waals surface area contributed by atoms with Crippen LogP contribution in [0.15, 0.2) is 66.3 Å². The summed E-state index contributed by atoms with van der Waals surface area (Å²) in [6.45, 7) is 5.69. The van der Waals surface area contributed by atoms with Gasteiger partial charge in [0.25, 0.3) is 0 Å². The molecule has 7 nitrogen and oxygen atoms in total. The Morgan fingerprint density at radius 1 is 1.13 bits per heavy atom. The first-order valence-electron chi connectivity index (χ1n) is 9.43. The van der Waals surface area contributed by atoms with Crippen molar-refractivity contribution in [2.24, 2.45) is 5.16 Å². The lowest BCUT2D eigenvalue weighted by atomic mass is 9.79. The minimum atomic E-state index is -1.42. The van der Waals surface area contributed by atoms with Crippen molar-refractivity contribution in [2.45, 2.75) is 38.5 Å². The second kappa shape index (κ2) is 8.85. The van der Waals surface area contributed by atoms with Crippen LogP contribution in [0.5, 0.6) is 5.75 Å². The van der Waals surface area contributed by atoms with Crippen molar-refractivity contribution in [3.05, 3.63) is 77.3 Å². The second-order valence-corrected chi connectivity index (χ2v) is 7.89. The molecule has 0 amide bonds. The Bertz CT molecular complexity index is 986. The van der Waals surface area contributed by atoms with Crippen LogP contribution in [-0.4, -0.2) is 38.3 Å². The van der Waals surface area contributed by atoms with Gasteiger partial charge in [-0.3, -0.25) is 0 Å². The number of benzene rings is 2. The molecule has 158 valence electrons. The normalized spacial score (nSPS) is 14.3. The van der Waals surface area contributed by atoms with E-state index in [4.69, 9.17) is 21.2 Å². The van der Waals surface area contributed by atoms with Crippen molar-refractivity contribution in [1.29, 1.82) is 0 Å². The van der Waals surface area contributed by atoms with E-state index in [2.05, 4.69) is 15.2 Å². The Morgan fingerprint density at radius 3 is 2.37 bits per heavy atom. The van der Waals surface area contributed by atoms with Crippen LogP contribution in [-0.2, 0) is 17.0 Å². The van der Waals surface area contributed by atoms with E-state index >= 15 is 0 Å². The summed E-state index contributed by atoms with van der Waals surface area (Å²) < 4.78 is 7.86. The number of hydrogen-bond acceptors (Lipinski definition) is 6. The first kappa shape index (κ1) is 21.8. The summed E-state index contributed by atoms with van der Waals surface area (Å²) in [5, 5.41) is 20.5. The number of nitrogens with zero attached hydrogens (tertiary/aromatic N) is 4. The van der Waals surface area contributed by atoms with Crippen molar-refractivity contribution in [3.63, 3.8) is 0 Å². The van der Waals surface area contributed by atoms with E-state index in [1.165, 1.54) is 13.4 Å². The van der Waals surface area contributed by atoms with E-state index in [-0.39, 0.29) is 6.54 Å². The standard InChI is InChI=1S/C22H25ClN4O3/c1-16(26-29-4)17-5-11-20(12-6-17)30-21(2,3)22(28,13-27-15-24-14-25-27)18-7-9-19(23)10-8-18/h5-12,14-15,28H,13H2,1-4H3. The molecule has 3 rings (SSSR count). The lowest BCUT2D eigenvalue weighted by Crippen LogP contribution is -2.54. The molecule has 0 bridgehead atoms. The maximum Gasteiger partial charge on any atom is 0.148 e. The van der Waals surface area contributed by atoms with Gasteiger partial charge in [0.1, 0.15) is 36.7 Å². The molecule has 30 heavy (non-hydrogen) atoms. The highest BCUT2D eigenvalue weighted by Gasteiger charge is 2.48. The van der Waals surface area contributed by atoms with Gasteiger partial charge in [0.15, 0.2) is 0 Å². The van der Waals surface area contributed by atoms with E-state index in [0.717, 1.165) is 11.3 Å². The van der Waals surface area contributed by atoms with Gasteiger partial charge in [0.05, 0.1) is 12.3 Å². The molecule has 1 N–H and O–H groups in total. The van der Waals surface area contributed by atoms with Gasteiger partial charge in [-0.25, -0.2) is 9.67 Å². The topological polar surface area (TPSA) is 81.8 Å². The minimum Gasteiger partial charge on any atom is -0.484 e. The number of rotatable bonds is 8. The summed E-state index contributed by atoms with van der Waals surface area (Å²) in [7, 11) is 1.51. The third-order valence-electron chi connectivity index (χ3n) is 5.05. The van der Waals surface area contributed by atoms with Gasteiger partial charge in [0, 0.05) is 5.02 Å². The van der Waals surface area contributed by atoms with Gasteiger partial charge in [-0.2, -0.15) is 5.10 Å². The number of aliphatic hydroxyl groups is 1. The third kappa shape index (κ3) is 4.63. The fraction of sp³-hybridized carbons (Fsp3) is 0.318. The molecular weight excluding hydrogens is 404 g/mol. The van der Waals surface area contributed by atoms with Crippen LogP contribution in [0.2, 0.25) is 5.02 Å². The van der Waals surface area contributed by atoms with Gasteiger partial charge in [0.2, 0.25) is 0 Å². The Labute approximate surface area is 180 Å². The van der Waals surface area contributed by atoms with Crippen LogP contribution in [0.3, 0.4) is 0 Å². The zero-order chi connectivity index (χ0) is 21.8. The molecule has 1 heterocycles. The van der Waals surface area contributed by atoms with E-state index < -0.39 is 11.2 Å². The Balaban J connectivity index is 1.93. The van der Waals surface area contributed by atoms with Crippen LogP contribution in [0, 0.1) is 0 Å². The zero-order valence-electron chi connectivity index (χ0n) is 17.4. The number of halogens is 1. The highest BCUT2D eigenvalue weighted by molar-refractivity contribution is 6.30. The van der Waals surface area contributed by atoms with Gasteiger partial charge in [-0.1, -0.05) is 28.9 Å². The molecular formula is C22H25ClN4O3. The molecule has 0 aliphatic heterocycles. The lowest BCUT2D eigenvalue weighted by Gasteiger charge is -2.42. The summed E-state index contributed by atoms with van der Waals surface area (Å²) in [5.74, 6) is 0.611. The van der Waals surface area contributed by atoms with Crippen LogP contribution in [0.25, 0.3) is 0 Å². The average Bonchev–Trinajstić information content (AvgIpc) is 3.21. The average molecular weight is 429 g/mol. The van der Waals surface area contributed by atoms with Crippen molar-refractivity contribution in [3.8, 4) is 5.75 Å². The van der Waals surface area contributed by atoms with E-state index in [9.17, 15) is 5.11 Å². The predicted octanol–water partition coefficient (Wildman–Crippen LogP) is 4.05.